The van der Waals surface area contributed by atoms with E-state index >= 15 is 0 Å². The van der Waals surface area contributed by atoms with Crippen molar-refractivity contribution in [2.24, 2.45) is 0 Å². The zero-order valence-electron chi connectivity index (χ0n) is 8.60. The molecule has 0 unspecified atom stereocenters. The van der Waals surface area contributed by atoms with Crippen molar-refractivity contribution in [2.75, 3.05) is 0 Å². The average molecular weight is 274 g/mol. The molecule has 2 aromatic heterocycles. The smallest absolute Gasteiger partial charge is 0.434 e. The molecule has 2 rings (SSSR count). The first-order valence-electron chi connectivity index (χ1n) is 4.61. The van der Waals surface area contributed by atoms with Crippen LogP contribution in [0.15, 0.2) is 23.7 Å². The standard InChI is InChI=1S/C10H5F3N2O2S/c11-10(12,13)7-5(9(16)17)4-14-8(15-7)6-2-1-3-18-6/h1-4H,(H,16,17). The number of aromatic nitrogens is 2. The van der Waals surface area contributed by atoms with Crippen molar-refractivity contribution in [3.8, 4) is 10.7 Å². The summed E-state index contributed by atoms with van der Waals surface area (Å²) in [5, 5.41) is 10.3. The van der Waals surface area contributed by atoms with Crippen molar-refractivity contribution in [3.05, 3.63) is 35.0 Å². The van der Waals surface area contributed by atoms with Crippen LogP contribution in [-0.2, 0) is 6.18 Å². The van der Waals surface area contributed by atoms with Gasteiger partial charge >= 0.3 is 12.1 Å². The van der Waals surface area contributed by atoms with E-state index < -0.39 is 23.4 Å². The molecule has 0 aliphatic heterocycles. The lowest BCUT2D eigenvalue weighted by Crippen LogP contribution is -2.16. The van der Waals surface area contributed by atoms with Gasteiger partial charge in [-0.3, -0.25) is 0 Å². The average Bonchev–Trinajstić information content (AvgIpc) is 2.80. The molecule has 18 heavy (non-hydrogen) atoms. The van der Waals surface area contributed by atoms with Crippen LogP contribution >= 0.6 is 11.3 Å². The Morgan fingerprint density at radius 3 is 2.61 bits per heavy atom. The van der Waals surface area contributed by atoms with Crippen LogP contribution in [0.25, 0.3) is 10.7 Å². The maximum absolute atomic E-state index is 12.7. The van der Waals surface area contributed by atoms with E-state index in [0.29, 0.717) is 11.1 Å². The van der Waals surface area contributed by atoms with Crippen molar-refractivity contribution in [3.63, 3.8) is 0 Å². The largest absolute Gasteiger partial charge is 0.478 e. The molecule has 0 amide bonds. The Bertz CT molecular complexity index is 581. The minimum absolute atomic E-state index is 0.137. The number of alkyl halides is 3. The molecule has 0 saturated heterocycles. The molecular weight excluding hydrogens is 269 g/mol. The highest BCUT2D eigenvalue weighted by Crippen LogP contribution is 2.32. The highest BCUT2D eigenvalue weighted by molar-refractivity contribution is 7.13. The molecule has 0 spiro atoms. The second-order valence-electron chi connectivity index (χ2n) is 3.24. The summed E-state index contributed by atoms with van der Waals surface area (Å²) in [6.07, 6.45) is -4.16. The predicted octanol–water partition coefficient (Wildman–Crippen LogP) is 2.92. The van der Waals surface area contributed by atoms with E-state index in [1.54, 1.807) is 17.5 Å². The summed E-state index contributed by atoms with van der Waals surface area (Å²) in [6.45, 7) is 0. The van der Waals surface area contributed by atoms with Gasteiger partial charge in [0, 0.05) is 6.20 Å². The topological polar surface area (TPSA) is 63.1 Å². The number of thiophene rings is 1. The highest BCUT2D eigenvalue weighted by Gasteiger charge is 2.38. The van der Waals surface area contributed by atoms with Crippen LogP contribution in [0.1, 0.15) is 16.1 Å². The first kappa shape index (κ1) is 12.5. The van der Waals surface area contributed by atoms with Gasteiger partial charge < -0.3 is 5.11 Å². The number of nitrogens with zero attached hydrogens (tertiary/aromatic N) is 2. The molecule has 4 nitrogen and oxygen atoms in total. The normalized spacial score (nSPS) is 11.5. The molecule has 0 bridgehead atoms. The number of rotatable bonds is 2. The molecule has 2 aromatic rings. The van der Waals surface area contributed by atoms with Crippen LogP contribution in [0.4, 0.5) is 13.2 Å². The van der Waals surface area contributed by atoms with Crippen LogP contribution < -0.4 is 0 Å². The lowest BCUT2D eigenvalue weighted by Gasteiger charge is -2.09. The quantitative estimate of drug-likeness (QED) is 0.914. The third-order valence-electron chi connectivity index (χ3n) is 2.03. The van der Waals surface area contributed by atoms with E-state index in [1.807, 2.05) is 0 Å². The van der Waals surface area contributed by atoms with Crippen LogP contribution in [0.5, 0.6) is 0 Å². The van der Waals surface area contributed by atoms with Gasteiger partial charge in [-0.25, -0.2) is 14.8 Å². The van der Waals surface area contributed by atoms with Crippen molar-refractivity contribution < 1.29 is 23.1 Å². The molecule has 0 atom stereocenters. The summed E-state index contributed by atoms with van der Waals surface area (Å²) >= 11 is 1.17. The molecule has 1 N–H and O–H groups in total. The molecule has 0 fully saturated rings. The summed E-state index contributed by atoms with van der Waals surface area (Å²) in [6, 6.07) is 3.20. The van der Waals surface area contributed by atoms with Crippen molar-refractivity contribution >= 4 is 17.3 Å². The second kappa shape index (κ2) is 4.37. The van der Waals surface area contributed by atoms with Gasteiger partial charge in [0.15, 0.2) is 11.5 Å². The first-order chi connectivity index (χ1) is 8.39. The summed E-state index contributed by atoms with van der Waals surface area (Å²) in [4.78, 5) is 18.1. The van der Waals surface area contributed by atoms with Gasteiger partial charge in [-0.2, -0.15) is 13.2 Å². The fourth-order valence-corrected chi connectivity index (χ4v) is 1.94. The van der Waals surface area contributed by atoms with E-state index in [4.69, 9.17) is 5.11 Å². The fraction of sp³-hybridized carbons (Fsp3) is 0.100. The number of carboxylic acids is 1. The zero-order chi connectivity index (χ0) is 13.3. The lowest BCUT2D eigenvalue weighted by atomic mass is 10.2. The molecular formula is C10H5F3N2O2S. The van der Waals surface area contributed by atoms with Crippen LogP contribution in [-0.4, -0.2) is 21.0 Å². The first-order valence-corrected chi connectivity index (χ1v) is 5.49. The van der Waals surface area contributed by atoms with Gasteiger partial charge in [0.25, 0.3) is 0 Å². The Kier molecular flexibility index (Phi) is 3.04. The molecule has 0 radical (unpaired) electrons. The van der Waals surface area contributed by atoms with Gasteiger partial charge in [0.1, 0.15) is 5.56 Å². The van der Waals surface area contributed by atoms with Gasteiger partial charge in [-0.1, -0.05) is 6.07 Å². The van der Waals surface area contributed by atoms with Gasteiger partial charge in [0.2, 0.25) is 0 Å². The minimum Gasteiger partial charge on any atom is -0.478 e. The van der Waals surface area contributed by atoms with Crippen LogP contribution in [0.2, 0.25) is 0 Å². The summed E-state index contributed by atoms with van der Waals surface area (Å²) in [5.41, 5.74) is -2.39. The van der Waals surface area contributed by atoms with Crippen molar-refractivity contribution in [2.45, 2.75) is 6.18 Å². The maximum atomic E-state index is 12.7. The third kappa shape index (κ3) is 2.33. The van der Waals surface area contributed by atoms with Gasteiger partial charge in [-0.05, 0) is 11.4 Å². The van der Waals surface area contributed by atoms with Crippen molar-refractivity contribution in [1.82, 2.24) is 9.97 Å². The number of carboxylic acid groups (broad SMARTS) is 1. The Balaban J connectivity index is 2.60. The van der Waals surface area contributed by atoms with Crippen LogP contribution in [0.3, 0.4) is 0 Å². The molecule has 0 aliphatic carbocycles. The molecule has 0 aliphatic rings. The number of carbonyl (C=O) groups is 1. The highest BCUT2D eigenvalue weighted by atomic mass is 32.1. The number of aromatic carboxylic acids is 1. The van der Waals surface area contributed by atoms with Gasteiger partial charge in [-0.15, -0.1) is 11.3 Å². The number of halogens is 3. The summed E-state index contributed by atoms with van der Waals surface area (Å²) in [7, 11) is 0. The molecule has 0 saturated carbocycles. The molecule has 0 aromatic carbocycles. The van der Waals surface area contributed by atoms with Crippen LogP contribution in [0, 0.1) is 0 Å². The predicted molar refractivity (Wildman–Crippen MR) is 57.3 cm³/mol. The SMILES string of the molecule is O=C(O)c1cnc(-c2cccs2)nc1C(F)(F)F. The maximum Gasteiger partial charge on any atom is 0.434 e. The van der Waals surface area contributed by atoms with Crippen molar-refractivity contribution in [1.29, 1.82) is 0 Å². The summed E-state index contributed by atoms with van der Waals surface area (Å²) < 4.78 is 38.0. The zero-order valence-corrected chi connectivity index (χ0v) is 9.42. The second-order valence-corrected chi connectivity index (χ2v) is 4.18. The Morgan fingerprint density at radius 2 is 2.11 bits per heavy atom. The fourth-order valence-electron chi connectivity index (χ4n) is 1.28. The van der Waals surface area contributed by atoms with E-state index in [0.717, 1.165) is 0 Å². The summed E-state index contributed by atoms with van der Waals surface area (Å²) in [5.74, 6) is -1.85. The van der Waals surface area contributed by atoms with E-state index in [2.05, 4.69) is 9.97 Å². The van der Waals surface area contributed by atoms with E-state index in [-0.39, 0.29) is 5.82 Å². The lowest BCUT2D eigenvalue weighted by molar-refractivity contribution is -0.141. The van der Waals surface area contributed by atoms with E-state index in [1.165, 1.54) is 11.3 Å². The number of hydrogen-bond acceptors (Lipinski definition) is 4. The third-order valence-corrected chi connectivity index (χ3v) is 2.90. The van der Waals surface area contributed by atoms with Gasteiger partial charge in [0.05, 0.1) is 4.88 Å². The molecule has 8 heteroatoms. The molecule has 2 heterocycles. The minimum atomic E-state index is -4.83. The monoisotopic (exact) mass is 274 g/mol. The van der Waals surface area contributed by atoms with E-state index in [9.17, 15) is 18.0 Å². The number of hydrogen-bond donors (Lipinski definition) is 1. The molecule has 94 valence electrons. The Morgan fingerprint density at radius 1 is 1.39 bits per heavy atom. The Labute approximate surface area is 103 Å². The Hall–Kier alpha value is -1.96.